The number of nitrogens with zero attached hydrogens (tertiary/aromatic N) is 2. The van der Waals surface area contributed by atoms with Crippen LogP contribution in [0.1, 0.15) is 13.3 Å². The van der Waals surface area contributed by atoms with Crippen molar-refractivity contribution in [3.05, 3.63) is 69.2 Å². The van der Waals surface area contributed by atoms with Gasteiger partial charge in [-0.3, -0.25) is 18.7 Å². The number of hydrogen-bond acceptors (Lipinski definition) is 10. The molecule has 18 heteroatoms. The lowest BCUT2D eigenvalue weighted by atomic mass is 10.1. The van der Waals surface area contributed by atoms with Gasteiger partial charge in [-0.2, -0.15) is 16.8 Å². The van der Waals surface area contributed by atoms with Crippen molar-refractivity contribution in [2.45, 2.75) is 28.5 Å². The number of rotatable bonds is 13. The van der Waals surface area contributed by atoms with Gasteiger partial charge < -0.3 is 20.4 Å². The van der Waals surface area contributed by atoms with E-state index >= 15 is 0 Å². The number of benzene rings is 2. The van der Waals surface area contributed by atoms with Crippen LogP contribution < -0.4 is 20.4 Å². The average Bonchev–Trinajstić information content (AvgIpc) is 3.43. The summed E-state index contributed by atoms with van der Waals surface area (Å²) in [6, 6.07) is 10.7. The molecular weight excluding hydrogens is 707 g/mol. The van der Waals surface area contributed by atoms with Crippen molar-refractivity contribution in [2.24, 2.45) is 0 Å². The lowest BCUT2D eigenvalue weighted by Crippen LogP contribution is -2.41. The summed E-state index contributed by atoms with van der Waals surface area (Å²) in [5, 5.41) is 6.38. The molecule has 4 N–H and O–H groups in total. The van der Waals surface area contributed by atoms with Gasteiger partial charge in [0.05, 0.1) is 39.8 Å². The summed E-state index contributed by atoms with van der Waals surface area (Å²) in [5.41, 5.74) is 2.34. The van der Waals surface area contributed by atoms with Gasteiger partial charge in [-0.25, -0.2) is 0 Å². The second-order valence-corrected chi connectivity index (χ2v) is 16.1. The quantitative estimate of drug-likeness (QED) is 0.218. The van der Waals surface area contributed by atoms with Gasteiger partial charge in [0.2, 0.25) is 11.8 Å². The summed E-state index contributed by atoms with van der Waals surface area (Å²) >= 11 is 15.5. The third-order valence-electron chi connectivity index (χ3n) is 6.53. The molecular formula is C27H30Cl2N4O8S4. The number of carbonyl (C=O) groups excluding carboxylic acids is 2. The molecule has 0 aromatic heterocycles. The Morgan fingerprint density at radius 3 is 2.02 bits per heavy atom. The fraction of sp³-hybridized carbons (Fsp3) is 0.333. The molecule has 2 amide bonds. The molecule has 0 fully saturated rings. The topological polar surface area (TPSA) is 173 Å². The van der Waals surface area contributed by atoms with Gasteiger partial charge in [0.15, 0.2) is 0 Å². The van der Waals surface area contributed by atoms with Crippen molar-refractivity contribution in [1.29, 1.82) is 0 Å². The normalized spacial score (nSPS) is 17.4. The molecule has 4 rings (SSSR count). The molecule has 244 valence electrons. The van der Waals surface area contributed by atoms with Gasteiger partial charge in [-0.1, -0.05) is 53.6 Å². The Hall–Kier alpha value is -2.44. The highest BCUT2D eigenvalue weighted by Crippen LogP contribution is 2.48. The van der Waals surface area contributed by atoms with Gasteiger partial charge in [-0.05, 0) is 60.5 Å². The van der Waals surface area contributed by atoms with Crippen LogP contribution in [0.4, 0.5) is 11.4 Å². The number of carbonyl (C=O) groups is 2. The highest BCUT2D eigenvalue weighted by atomic mass is 35.5. The van der Waals surface area contributed by atoms with Crippen molar-refractivity contribution in [2.75, 3.05) is 47.5 Å². The highest BCUT2D eigenvalue weighted by molar-refractivity contribution is 8.03. The van der Waals surface area contributed by atoms with Crippen LogP contribution in [0.5, 0.6) is 0 Å². The number of fused-ring (bicyclic) bond motifs is 2. The maximum atomic E-state index is 12.8. The molecule has 2 aliphatic rings. The Morgan fingerprint density at radius 1 is 0.889 bits per heavy atom. The largest absolute Gasteiger partial charge is 0.353 e. The second kappa shape index (κ2) is 15.0. The van der Waals surface area contributed by atoms with Crippen LogP contribution in [-0.4, -0.2) is 80.8 Å². The minimum Gasteiger partial charge on any atom is -0.353 e. The van der Waals surface area contributed by atoms with Crippen molar-refractivity contribution < 1.29 is 35.5 Å². The predicted octanol–water partition coefficient (Wildman–Crippen LogP) is 4.03. The minimum atomic E-state index is -4.23. The third-order valence-corrected chi connectivity index (χ3v) is 10.8. The molecule has 2 heterocycles. The van der Waals surface area contributed by atoms with Crippen molar-refractivity contribution in [1.82, 2.24) is 10.6 Å². The standard InChI is InChI=1S/C27H30Cl2N4O8S4/c1-2-17(11-26-32(15-24(34)30-7-9-44(36,37)38)20-13-18(28)3-5-22(20)42-26)12-27-33(16-25(35)31-8-10-45(39,40)41)21-14-19(29)4-6-23(21)43-27/h3-6,11-14,26H,2,7-10,15-16H2,1H3,(H,30,34)(H,31,35)(H,36,37,38)(H,39,40,41). The molecule has 0 spiro atoms. The van der Waals surface area contributed by atoms with E-state index in [1.807, 2.05) is 36.1 Å². The van der Waals surface area contributed by atoms with E-state index in [4.69, 9.17) is 32.3 Å². The molecule has 1 unspecified atom stereocenters. The minimum absolute atomic E-state index is 0.102. The van der Waals surface area contributed by atoms with E-state index < -0.39 is 43.6 Å². The Bertz CT molecular complexity index is 1750. The maximum Gasteiger partial charge on any atom is 0.266 e. The van der Waals surface area contributed by atoms with Gasteiger partial charge in [-0.15, -0.1) is 0 Å². The fourth-order valence-electron chi connectivity index (χ4n) is 4.45. The van der Waals surface area contributed by atoms with E-state index in [9.17, 15) is 26.4 Å². The van der Waals surface area contributed by atoms with Crippen molar-refractivity contribution in [3.63, 3.8) is 0 Å². The van der Waals surface area contributed by atoms with Crippen LogP contribution in [0.15, 0.2) is 68.9 Å². The van der Waals surface area contributed by atoms with E-state index in [1.165, 1.54) is 23.5 Å². The Labute approximate surface area is 280 Å². The molecule has 1 atom stereocenters. The first kappa shape index (κ1) is 35.4. The van der Waals surface area contributed by atoms with Crippen LogP contribution in [-0.2, 0) is 29.8 Å². The van der Waals surface area contributed by atoms with Gasteiger partial charge in [0, 0.05) is 32.9 Å². The summed E-state index contributed by atoms with van der Waals surface area (Å²) in [6.45, 7) is 1.24. The summed E-state index contributed by atoms with van der Waals surface area (Å²) in [4.78, 5) is 30.9. The molecule has 0 aliphatic carbocycles. The number of halogens is 2. The van der Waals surface area contributed by atoms with Crippen LogP contribution in [0.2, 0.25) is 10.0 Å². The summed E-state index contributed by atoms with van der Waals surface area (Å²) in [5.74, 6) is -2.10. The average molecular weight is 738 g/mol. The molecule has 2 aliphatic heterocycles. The Morgan fingerprint density at radius 2 is 1.44 bits per heavy atom. The zero-order valence-electron chi connectivity index (χ0n) is 23.8. The number of thioether (sulfide) groups is 2. The van der Waals surface area contributed by atoms with E-state index in [1.54, 1.807) is 29.2 Å². The molecule has 12 nitrogen and oxygen atoms in total. The lowest BCUT2D eigenvalue weighted by molar-refractivity contribution is -0.120. The lowest BCUT2D eigenvalue weighted by Gasteiger charge is -2.25. The van der Waals surface area contributed by atoms with Gasteiger partial charge in [0.25, 0.3) is 20.2 Å². The number of amides is 2. The van der Waals surface area contributed by atoms with Crippen LogP contribution in [0, 0.1) is 0 Å². The highest BCUT2D eigenvalue weighted by Gasteiger charge is 2.32. The van der Waals surface area contributed by atoms with E-state index in [0.29, 0.717) is 22.2 Å². The summed E-state index contributed by atoms with van der Waals surface area (Å²) in [7, 11) is -8.46. The molecule has 0 radical (unpaired) electrons. The van der Waals surface area contributed by atoms with E-state index in [-0.39, 0.29) is 31.6 Å². The predicted molar refractivity (Wildman–Crippen MR) is 178 cm³/mol. The van der Waals surface area contributed by atoms with Crippen LogP contribution >= 0.6 is 46.7 Å². The first-order valence-corrected chi connectivity index (χ1v) is 19.1. The Balaban J connectivity index is 1.59. The SMILES string of the molecule is CCC(=CC1Sc2ccc(Cl)cc2N1CC(=O)NCCS(=O)(=O)O)C=C1Sc2ccc(Cl)cc2N1CC(=O)NCCS(=O)(=O)O. The van der Waals surface area contributed by atoms with Gasteiger partial charge >= 0.3 is 0 Å². The van der Waals surface area contributed by atoms with Crippen LogP contribution in [0.3, 0.4) is 0 Å². The Kier molecular flexibility index (Phi) is 11.8. The number of anilines is 2. The van der Waals surface area contributed by atoms with Crippen LogP contribution in [0.25, 0.3) is 0 Å². The van der Waals surface area contributed by atoms with Crippen molar-refractivity contribution >= 4 is 90.2 Å². The summed E-state index contributed by atoms with van der Waals surface area (Å²) < 4.78 is 62.2. The molecule has 0 saturated heterocycles. The van der Waals surface area contributed by atoms with E-state index in [2.05, 4.69) is 10.6 Å². The molecule has 2 aromatic rings. The summed E-state index contributed by atoms with van der Waals surface area (Å²) in [6.07, 6.45) is 4.53. The monoisotopic (exact) mass is 736 g/mol. The van der Waals surface area contributed by atoms with E-state index in [0.717, 1.165) is 26.1 Å². The first-order valence-electron chi connectivity index (χ1n) is 13.5. The van der Waals surface area contributed by atoms with Crippen molar-refractivity contribution in [3.8, 4) is 0 Å². The molecule has 2 aromatic carbocycles. The number of allylic oxidation sites excluding steroid dienone is 2. The van der Waals surface area contributed by atoms with Gasteiger partial charge in [0.1, 0.15) is 6.54 Å². The first-order chi connectivity index (χ1) is 21.1. The third kappa shape index (κ3) is 10.3. The molecule has 45 heavy (non-hydrogen) atoms. The zero-order chi connectivity index (χ0) is 32.9. The zero-order valence-corrected chi connectivity index (χ0v) is 28.6. The smallest absolute Gasteiger partial charge is 0.266 e. The number of nitrogens with one attached hydrogen (secondary N) is 2. The second-order valence-electron chi connectivity index (χ2n) is 9.90. The number of hydrogen-bond donors (Lipinski definition) is 4. The maximum absolute atomic E-state index is 12.8. The molecule has 0 saturated carbocycles. The fourth-order valence-corrected chi connectivity index (χ4v) is 7.88. The molecule has 0 bridgehead atoms.